The van der Waals surface area contributed by atoms with E-state index in [0.717, 1.165) is 87.1 Å². The minimum absolute atomic E-state index is 0.0902. The summed E-state index contributed by atoms with van der Waals surface area (Å²) in [5.74, 6) is 0.195. The van der Waals surface area contributed by atoms with E-state index in [1.807, 2.05) is 48.7 Å². The number of nitrogens with one attached hydrogen (secondary N) is 3. The Morgan fingerprint density at radius 2 is 1.74 bits per heavy atom. The summed E-state index contributed by atoms with van der Waals surface area (Å²) >= 11 is 0. The van der Waals surface area contributed by atoms with Gasteiger partial charge in [0.05, 0.1) is 34.5 Å². The SMILES string of the molecule is O=C(Nc1cncc(-c2ccc3[nH]nc(-c4cc5c(-c6ccccn6)nccc5[nH]4)c3c2)c1)C1CCCC1. The molecule has 186 valence electrons. The van der Waals surface area contributed by atoms with Gasteiger partial charge in [0.2, 0.25) is 5.91 Å². The summed E-state index contributed by atoms with van der Waals surface area (Å²) in [5.41, 5.74) is 7.92. The minimum Gasteiger partial charge on any atom is -0.353 e. The lowest BCUT2D eigenvalue weighted by Crippen LogP contribution is -2.20. The third-order valence-corrected chi connectivity index (χ3v) is 7.34. The molecule has 0 atom stereocenters. The van der Waals surface area contributed by atoms with Gasteiger partial charge in [0.25, 0.3) is 0 Å². The van der Waals surface area contributed by atoms with Gasteiger partial charge in [-0.05, 0) is 60.9 Å². The number of hydrogen-bond donors (Lipinski definition) is 3. The molecule has 1 amide bonds. The normalized spacial score (nSPS) is 13.9. The Morgan fingerprint density at radius 3 is 2.61 bits per heavy atom. The maximum absolute atomic E-state index is 12.6. The number of fused-ring (bicyclic) bond motifs is 2. The average Bonchev–Trinajstić information content (AvgIpc) is 3.73. The Morgan fingerprint density at radius 1 is 0.842 bits per heavy atom. The molecule has 1 aromatic carbocycles. The second-order valence-corrected chi connectivity index (χ2v) is 9.78. The molecule has 7 rings (SSSR count). The van der Waals surface area contributed by atoms with Gasteiger partial charge in [0.1, 0.15) is 5.69 Å². The van der Waals surface area contributed by atoms with Crippen LogP contribution in [-0.2, 0) is 4.79 Å². The maximum Gasteiger partial charge on any atom is 0.227 e. The lowest BCUT2D eigenvalue weighted by atomic mass is 10.0. The standard InChI is InChI=1S/C30H25N7O/c38-30(18-5-1-2-6-18)34-21-13-20(16-31-17-21)19-8-9-25-22(14-19)29(37-36-25)27-15-23-24(35-27)10-12-33-28(23)26-7-3-4-11-32-26/h3-4,7-18,35H,1-2,5-6H2,(H,34,38)(H,36,37). The van der Waals surface area contributed by atoms with E-state index in [9.17, 15) is 4.79 Å². The van der Waals surface area contributed by atoms with Crippen molar-refractivity contribution in [1.29, 1.82) is 0 Å². The number of carbonyl (C=O) groups is 1. The lowest BCUT2D eigenvalue weighted by molar-refractivity contribution is -0.119. The molecule has 1 aliphatic carbocycles. The molecule has 0 aliphatic heterocycles. The van der Waals surface area contributed by atoms with E-state index >= 15 is 0 Å². The summed E-state index contributed by atoms with van der Waals surface area (Å²) in [6.45, 7) is 0. The van der Waals surface area contributed by atoms with Crippen molar-refractivity contribution >= 4 is 33.4 Å². The molecule has 3 N–H and O–H groups in total. The second-order valence-electron chi connectivity index (χ2n) is 9.78. The fourth-order valence-electron chi connectivity index (χ4n) is 5.39. The van der Waals surface area contributed by atoms with Crippen molar-refractivity contribution in [2.24, 2.45) is 5.92 Å². The van der Waals surface area contributed by atoms with Gasteiger partial charge >= 0.3 is 0 Å². The van der Waals surface area contributed by atoms with Crippen LogP contribution in [0.4, 0.5) is 5.69 Å². The lowest BCUT2D eigenvalue weighted by Gasteiger charge is -2.11. The van der Waals surface area contributed by atoms with Crippen LogP contribution in [0.1, 0.15) is 25.7 Å². The van der Waals surface area contributed by atoms with Crippen LogP contribution < -0.4 is 5.32 Å². The quantitative estimate of drug-likeness (QED) is 0.256. The highest BCUT2D eigenvalue weighted by Crippen LogP contribution is 2.34. The van der Waals surface area contributed by atoms with Crippen LogP contribution in [0, 0.1) is 5.92 Å². The summed E-state index contributed by atoms with van der Waals surface area (Å²) in [7, 11) is 0. The van der Waals surface area contributed by atoms with Gasteiger partial charge in [-0.2, -0.15) is 5.10 Å². The fourth-order valence-corrected chi connectivity index (χ4v) is 5.39. The summed E-state index contributed by atoms with van der Waals surface area (Å²) in [5, 5.41) is 12.8. The molecule has 1 saturated carbocycles. The van der Waals surface area contributed by atoms with Crippen molar-refractivity contribution in [3.63, 3.8) is 0 Å². The Kier molecular flexibility index (Phi) is 5.43. The number of hydrogen-bond acceptors (Lipinski definition) is 5. The first kappa shape index (κ1) is 22.4. The summed E-state index contributed by atoms with van der Waals surface area (Å²) in [6.07, 6.45) is 11.3. The zero-order valence-electron chi connectivity index (χ0n) is 20.6. The molecular formula is C30H25N7O. The van der Waals surface area contributed by atoms with Crippen LogP contribution in [0.25, 0.3) is 55.7 Å². The van der Waals surface area contributed by atoms with E-state index in [-0.39, 0.29) is 11.8 Å². The number of aromatic amines is 2. The highest BCUT2D eigenvalue weighted by atomic mass is 16.1. The fraction of sp³-hybridized carbons (Fsp3) is 0.167. The summed E-state index contributed by atoms with van der Waals surface area (Å²) in [6, 6.07) is 18.0. The average molecular weight is 500 g/mol. The van der Waals surface area contributed by atoms with Gasteiger partial charge in [0.15, 0.2) is 0 Å². The summed E-state index contributed by atoms with van der Waals surface area (Å²) in [4.78, 5) is 29.6. The van der Waals surface area contributed by atoms with E-state index < -0.39 is 0 Å². The molecule has 1 fully saturated rings. The van der Waals surface area contributed by atoms with Gasteiger partial charge in [0, 0.05) is 46.4 Å². The molecule has 5 aromatic heterocycles. The maximum atomic E-state index is 12.6. The Bertz CT molecular complexity index is 1780. The smallest absolute Gasteiger partial charge is 0.227 e. The second kappa shape index (κ2) is 9.23. The zero-order chi connectivity index (χ0) is 25.5. The number of amides is 1. The van der Waals surface area contributed by atoms with Crippen LogP contribution in [-0.4, -0.2) is 36.0 Å². The molecule has 8 nitrogen and oxygen atoms in total. The van der Waals surface area contributed by atoms with Crippen molar-refractivity contribution < 1.29 is 4.79 Å². The third-order valence-electron chi connectivity index (χ3n) is 7.34. The third kappa shape index (κ3) is 4.00. The molecule has 0 bridgehead atoms. The predicted molar refractivity (Wildman–Crippen MR) is 148 cm³/mol. The number of carbonyl (C=O) groups excluding carboxylic acids is 1. The molecule has 0 saturated heterocycles. The van der Waals surface area contributed by atoms with Crippen LogP contribution in [0.3, 0.4) is 0 Å². The van der Waals surface area contributed by atoms with E-state index in [1.165, 1.54) is 0 Å². The van der Waals surface area contributed by atoms with Gasteiger partial charge < -0.3 is 10.3 Å². The largest absolute Gasteiger partial charge is 0.353 e. The number of aromatic nitrogens is 6. The first-order chi connectivity index (χ1) is 18.7. The summed E-state index contributed by atoms with van der Waals surface area (Å²) < 4.78 is 0. The van der Waals surface area contributed by atoms with E-state index in [2.05, 4.69) is 47.6 Å². The van der Waals surface area contributed by atoms with Gasteiger partial charge in [-0.1, -0.05) is 25.0 Å². The number of rotatable bonds is 5. The molecular weight excluding hydrogens is 474 g/mol. The van der Waals surface area contributed by atoms with E-state index in [1.54, 1.807) is 18.6 Å². The number of nitrogens with zero attached hydrogens (tertiary/aromatic N) is 4. The number of anilines is 1. The van der Waals surface area contributed by atoms with Crippen molar-refractivity contribution in [3.8, 4) is 33.9 Å². The minimum atomic E-state index is 0.0902. The van der Waals surface area contributed by atoms with Crippen molar-refractivity contribution in [1.82, 2.24) is 30.1 Å². The number of pyridine rings is 3. The van der Waals surface area contributed by atoms with Gasteiger partial charge in [-0.25, -0.2) is 0 Å². The molecule has 0 spiro atoms. The Hall–Kier alpha value is -4.85. The monoisotopic (exact) mass is 499 g/mol. The van der Waals surface area contributed by atoms with Crippen LogP contribution in [0.5, 0.6) is 0 Å². The van der Waals surface area contributed by atoms with E-state index in [4.69, 9.17) is 0 Å². The highest BCUT2D eigenvalue weighted by molar-refractivity contribution is 6.00. The Labute approximate surface area is 218 Å². The van der Waals surface area contributed by atoms with Crippen molar-refractivity contribution in [2.75, 3.05) is 5.32 Å². The molecule has 0 radical (unpaired) electrons. The van der Waals surface area contributed by atoms with Crippen LogP contribution >= 0.6 is 0 Å². The van der Waals surface area contributed by atoms with Crippen molar-refractivity contribution in [2.45, 2.75) is 25.7 Å². The van der Waals surface area contributed by atoms with Crippen LogP contribution in [0.15, 0.2) is 79.4 Å². The topological polar surface area (TPSA) is 112 Å². The Balaban J connectivity index is 1.25. The zero-order valence-corrected chi connectivity index (χ0v) is 20.6. The number of H-pyrrole nitrogens is 2. The molecule has 5 heterocycles. The van der Waals surface area contributed by atoms with E-state index in [0.29, 0.717) is 0 Å². The molecule has 8 heteroatoms. The molecule has 1 aliphatic rings. The molecule has 38 heavy (non-hydrogen) atoms. The molecule has 6 aromatic rings. The first-order valence-electron chi connectivity index (χ1n) is 12.9. The highest BCUT2D eigenvalue weighted by Gasteiger charge is 2.23. The molecule has 0 unspecified atom stereocenters. The van der Waals surface area contributed by atoms with Gasteiger partial charge in [-0.15, -0.1) is 0 Å². The van der Waals surface area contributed by atoms with Crippen LogP contribution in [0.2, 0.25) is 0 Å². The van der Waals surface area contributed by atoms with Crippen molar-refractivity contribution in [3.05, 3.63) is 79.4 Å². The number of benzene rings is 1. The first-order valence-corrected chi connectivity index (χ1v) is 12.9. The predicted octanol–water partition coefficient (Wildman–Crippen LogP) is 6.36. The van der Waals surface area contributed by atoms with Gasteiger partial charge in [-0.3, -0.25) is 24.8 Å².